The van der Waals surface area contributed by atoms with E-state index in [9.17, 15) is 0 Å². The molecule has 122 valence electrons. The molecule has 1 N–H and O–H groups in total. The zero-order valence-electron chi connectivity index (χ0n) is 13.4. The van der Waals surface area contributed by atoms with Gasteiger partial charge in [-0.25, -0.2) is 0 Å². The van der Waals surface area contributed by atoms with Gasteiger partial charge in [0.1, 0.15) is 5.75 Å². The number of nitrogens with one attached hydrogen (secondary N) is 1. The Balaban J connectivity index is 1.65. The highest BCUT2D eigenvalue weighted by atomic mass is 16.5. The van der Waals surface area contributed by atoms with Gasteiger partial charge in [-0.05, 0) is 23.8 Å². The van der Waals surface area contributed by atoms with Gasteiger partial charge in [-0.2, -0.15) is 5.10 Å². The van der Waals surface area contributed by atoms with Crippen LogP contribution in [0.1, 0.15) is 0 Å². The first kappa shape index (κ1) is 15.7. The molecule has 1 fully saturated rings. The summed E-state index contributed by atoms with van der Waals surface area (Å²) in [5.74, 6) is 1.66. The third-order valence-electron chi connectivity index (χ3n) is 3.95. The van der Waals surface area contributed by atoms with E-state index >= 15 is 0 Å². The summed E-state index contributed by atoms with van der Waals surface area (Å²) in [7, 11) is 1.67. The van der Waals surface area contributed by atoms with Crippen molar-refractivity contribution in [3.8, 4) is 16.9 Å². The second-order valence-corrected chi connectivity index (χ2v) is 5.40. The monoisotopic (exact) mass is 314 g/mol. The van der Waals surface area contributed by atoms with Gasteiger partial charge in [0, 0.05) is 31.7 Å². The molecule has 0 amide bonds. The second kappa shape index (κ2) is 7.89. The van der Waals surface area contributed by atoms with Gasteiger partial charge in [0.05, 0.1) is 26.5 Å². The lowest BCUT2D eigenvalue weighted by molar-refractivity contribution is 0.0398. The van der Waals surface area contributed by atoms with Crippen LogP contribution in [0.3, 0.4) is 0 Å². The number of methoxy groups -OCH3 is 1. The van der Waals surface area contributed by atoms with E-state index in [4.69, 9.17) is 9.47 Å². The number of anilines is 1. The first-order valence-corrected chi connectivity index (χ1v) is 7.87. The maximum absolute atomic E-state index is 5.37. The minimum absolute atomic E-state index is 0.811. The molecule has 2 heterocycles. The van der Waals surface area contributed by atoms with Crippen molar-refractivity contribution in [2.45, 2.75) is 0 Å². The summed E-state index contributed by atoms with van der Waals surface area (Å²) >= 11 is 0. The normalized spacial score (nSPS) is 15.3. The van der Waals surface area contributed by atoms with Gasteiger partial charge in [-0.3, -0.25) is 4.90 Å². The van der Waals surface area contributed by atoms with Crippen molar-refractivity contribution in [1.82, 2.24) is 15.1 Å². The molecule has 0 aliphatic carbocycles. The molecule has 23 heavy (non-hydrogen) atoms. The zero-order chi connectivity index (χ0) is 15.9. The van der Waals surface area contributed by atoms with E-state index in [2.05, 4.69) is 20.4 Å². The molecule has 0 bridgehead atoms. The lowest BCUT2D eigenvalue weighted by Crippen LogP contribution is -2.39. The highest BCUT2D eigenvalue weighted by Crippen LogP contribution is 2.26. The van der Waals surface area contributed by atoms with Crippen LogP contribution in [0.2, 0.25) is 0 Å². The standard InChI is InChI=1S/C17H22N4O2/c1-22-15-4-2-14(3-5-15)16-6-7-19-20-17(16)18-8-9-21-10-12-23-13-11-21/h2-7H,8-13H2,1H3,(H,18,20). The highest BCUT2D eigenvalue weighted by Gasteiger charge is 2.11. The van der Waals surface area contributed by atoms with Crippen LogP contribution in [-0.4, -0.2) is 61.6 Å². The van der Waals surface area contributed by atoms with Crippen LogP contribution in [0.4, 0.5) is 5.82 Å². The number of aromatic nitrogens is 2. The first-order chi connectivity index (χ1) is 11.4. The van der Waals surface area contributed by atoms with Crippen LogP contribution >= 0.6 is 0 Å². The van der Waals surface area contributed by atoms with E-state index in [-0.39, 0.29) is 0 Å². The topological polar surface area (TPSA) is 59.5 Å². The number of benzene rings is 1. The van der Waals surface area contributed by atoms with Crippen molar-refractivity contribution in [3.05, 3.63) is 36.5 Å². The Morgan fingerprint density at radius 1 is 1.17 bits per heavy atom. The molecule has 0 radical (unpaired) electrons. The number of morpholine rings is 1. The number of nitrogens with zero attached hydrogens (tertiary/aromatic N) is 3. The molecular formula is C17H22N4O2. The van der Waals surface area contributed by atoms with E-state index in [1.807, 2.05) is 30.3 Å². The summed E-state index contributed by atoms with van der Waals surface area (Å²) < 4.78 is 10.6. The Hall–Kier alpha value is -2.18. The van der Waals surface area contributed by atoms with E-state index in [0.717, 1.165) is 62.1 Å². The van der Waals surface area contributed by atoms with Crippen molar-refractivity contribution < 1.29 is 9.47 Å². The maximum atomic E-state index is 5.37. The minimum Gasteiger partial charge on any atom is -0.497 e. The predicted molar refractivity (Wildman–Crippen MR) is 89.8 cm³/mol. The van der Waals surface area contributed by atoms with Gasteiger partial charge in [0.2, 0.25) is 0 Å². The fourth-order valence-corrected chi connectivity index (χ4v) is 2.62. The number of ether oxygens (including phenoxy) is 2. The number of rotatable bonds is 6. The van der Waals surface area contributed by atoms with E-state index in [1.165, 1.54) is 0 Å². The van der Waals surface area contributed by atoms with Crippen LogP contribution in [0.15, 0.2) is 36.5 Å². The average molecular weight is 314 g/mol. The average Bonchev–Trinajstić information content (AvgIpc) is 2.63. The molecule has 1 saturated heterocycles. The van der Waals surface area contributed by atoms with Crippen LogP contribution in [-0.2, 0) is 4.74 Å². The molecule has 0 atom stereocenters. The summed E-state index contributed by atoms with van der Waals surface area (Å²) in [6.45, 7) is 5.44. The van der Waals surface area contributed by atoms with Crippen LogP contribution in [0, 0.1) is 0 Å². The maximum Gasteiger partial charge on any atom is 0.156 e. The summed E-state index contributed by atoms with van der Waals surface area (Å²) in [6.07, 6.45) is 1.71. The Morgan fingerprint density at radius 3 is 2.70 bits per heavy atom. The molecule has 1 aromatic carbocycles. The Bertz CT molecular complexity index is 612. The van der Waals surface area contributed by atoms with Gasteiger partial charge in [0.15, 0.2) is 5.82 Å². The molecule has 3 rings (SSSR count). The largest absolute Gasteiger partial charge is 0.497 e. The molecule has 2 aromatic rings. The van der Waals surface area contributed by atoms with E-state index in [0.29, 0.717) is 0 Å². The Kier molecular flexibility index (Phi) is 5.39. The molecular weight excluding hydrogens is 292 g/mol. The first-order valence-electron chi connectivity index (χ1n) is 7.87. The lowest BCUT2D eigenvalue weighted by Gasteiger charge is -2.26. The molecule has 1 aliphatic rings. The lowest BCUT2D eigenvalue weighted by atomic mass is 10.1. The van der Waals surface area contributed by atoms with Crippen LogP contribution in [0.5, 0.6) is 5.75 Å². The van der Waals surface area contributed by atoms with Crippen molar-refractivity contribution in [1.29, 1.82) is 0 Å². The Labute approximate surface area is 136 Å². The molecule has 0 unspecified atom stereocenters. The summed E-state index contributed by atoms with van der Waals surface area (Å²) in [5.41, 5.74) is 2.14. The fraction of sp³-hybridized carbons (Fsp3) is 0.412. The molecule has 0 spiro atoms. The summed E-state index contributed by atoms with van der Waals surface area (Å²) in [5, 5.41) is 11.6. The zero-order valence-corrected chi connectivity index (χ0v) is 13.4. The fourth-order valence-electron chi connectivity index (χ4n) is 2.62. The minimum atomic E-state index is 0.811. The predicted octanol–water partition coefficient (Wildman–Crippen LogP) is 1.90. The second-order valence-electron chi connectivity index (χ2n) is 5.40. The van der Waals surface area contributed by atoms with Gasteiger partial charge in [-0.1, -0.05) is 12.1 Å². The quantitative estimate of drug-likeness (QED) is 0.879. The molecule has 6 nitrogen and oxygen atoms in total. The van der Waals surface area contributed by atoms with E-state index < -0.39 is 0 Å². The van der Waals surface area contributed by atoms with Crippen molar-refractivity contribution in [2.24, 2.45) is 0 Å². The van der Waals surface area contributed by atoms with Gasteiger partial charge >= 0.3 is 0 Å². The van der Waals surface area contributed by atoms with Gasteiger partial charge in [0.25, 0.3) is 0 Å². The molecule has 1 aromatic heterocycles. The third kappa shape index (κ3) is 4.18. The summed E-state index contributed by atoms with van der Waals surface area (Å²) in [6, 6.07) is 9.94. The van der Waals surface area contributed by atoms with Crippen LogP contribution in [0.25, 0.3) is 11.1 Å². The molecule has 6 heteroatoms. The van der Waals surface area contributed by atoms with Crippen molar-refractivity contribution >= 4 is 5.82 Å². The summed E-state index contributed by atoms with van der Waals surface area (Å²) in [4.78, 5) is 2.39. The number of hydrogen-bond donors (Lipinski definition) is 1. The highest BCUT2D eigenvalue weighted by molar-refractivity contribution is 5.74. The molecule has 0 saturated carbocycles. The van der Waals surface area contributed by atoms with Crippen LogP contribution < -0.4 is 10.1 Å². The Morgan fingerprint density at radius 2 is 1.96 bits per heavy atom. The number of hydrogen-bond acceptors (Lipinski definition) is 6. The van der Waals surface area contributed by atoms with Gasteiger partial charge in [-0.15, -0.1) is 5.10 Å². The van der Waals surface area contributed by atoms with E-state index in [1.54, 1.807) is 13.3 Å². The molecule has 1 aliphatic heterocycles. The van der Waals surface area contributed by atoms with Crippen molar-refractivity contribution in [3.63, 3.8) is 0 Å². The third-order valence-corrected chi connectivity index (χ3v) is 3.95. The smallest absolute Gasteiger partial charge is 0.156 e. The SMILES string of the molecule is COc1ccc(-c2ccnnc2NCCN2CCOCC2)cc1. The van der Waals surface area contributed by atoms with Gasteiger partial charge < -0.3 is 14.8 Å². The van der Waals surface area contributed by atoms with Crippen molar-refractivity contribution in [2.75, 3.05) is 51.8 Å².